The lowest BCUT2D eigenvalue weighted by atomic mass is 9.85. The summed E-state index contributed by atoms with van der Waals surface area (Å²) in [5.41, 5.74) is 2.90. The Balaban J connectivity index is 1.57. The van der Waals surface area contributed by atoms with Crippen LogP contribution < -0.4 is 0 Å². The molecule has 1 fully saturated rings. The van der Waals surface area contributed by atoms with Gasteiger partial charge < -0.3 is 9.64 Å². The fraction of sp³-hybridized carbons (Fsp3) is 0.379. The van der Waals surface area contributed by atoms with Gasteiger partial charge in [-0.25, -0.2) is 4.68 Å². The molecule has 0 radical (unpaired) electrons. The summed E-state index contributed by atoms with van der Waals surface area (Å²) in [6, 6.07) is 14.7. The molecule has 1 amide bonds. The number of hydrogen-bond donors (Lipinski definition) is 0. The van der Waals surface area contributed by atoms with Gasteiger partial charge in [0.25, 0.3) is 5.91 Å². The summed E-state index contributed by atoms with van der Waals surface area (Å²) in [4.78, 5) is 15.9. The van der Waals surface area contributed by atoms with E-state index in [0.29, 0.717) is 57.8 Å². The molecule has 0 spiro atoms. The average Bonchev–Trinajstić information content (AvgIpc) is 3.55. The average molecular weight is 550 g/mol. The molecule has 0 aliphatic carbocycles. The Labute approximate surface area is 232 Å². The predicted octanol–water partition coefficient (Wildman–Crippen LogP) is 5.87. The highest BCUT2D eigenvalue weighted by molar-refractivity contribution is 6.35. The second-order valence-corrected chi connectivity index (χ2v) is 11.4. The van der Waals surface area contributed by atoms with Crippen molar-refractivity contribution in [3.8, 4) is 6.07 Å². The van der Waals surface area contributed by atoms with Crippen LogP contribution in [0.5, 0.6) is 0 Å². The molecule has 1 saturated heterocycles. The molecule has 3 aromatic rings. The number of nitriles is 1. The van der Waals surface area contributed by atoms with E-state index >= 15 is 0 Å². The number of amides is 1. The van der Waals surface area contributed by atoms with Gasteiger partial charge in [0, 0.05) is 35.6 Å². The number of benzene rings is 2. The van der Waals surface area contributed by atoms with Crippen molar-refractivity contribution in [1.29, 1.82) is 5.26 Å². The third-order valence-electron chi connectivity index (χ3n) is 7.44. The summed E-state index contributed by atoms with van der Waals surface area (Å²) in [6.45, 7) is 4.85. The summed E-state index contributed by atoms with van der Waals surface area (Å²) in [6.07, 6.45) is 5.04. The third kappa shape index (κ3) is 4.79. The first-order valence-electron chi connectivity index (χ1n) is 12.7. The Morgan fingerprint density at radius 2 is 1.89 bits per heavy atom. The lowest BCUT2D eigenvalue weighted by molar-refractivity contribution is -0.126. The van der Waals surface area contributed by atoms with Crippen LogP contribution in [-0.2, 0) is 22.4 Å². The SMILES string of the molecule is COC1=C(c2cc(Cl)cc(Cl)c2)C(=O)N2C[C@@H](n3cc(CCC(C)C)nn3)C[C@@]12Cc1ccc(C#N)cc1. The van der Waals surface area contributed by atoms with E-state index in [-0.39, 0.29) is 11.9 Å². The molecular weight excluding hydrogens is 521 g/mol. The van der Waals surface area contributed by atoms with Gasteiger partial charge in [0.15, 0.2) is 0 Å². The predicted molar refractivity (Wildman–Crippen MR) is 147 cm³/mol. The fourth-order valence-corrected chi connectivity index (χ4v) is 6.18. The zero-order chi connectivity index (χ0) is 27.0. The minimum absolute atomic E-state index is 0.0627. The van der Waals surface area contributed by atoms with Gasteiger partial charge in [-0.3, -0.25) is 4.79 Å². The number of carbonyl (C=O) groups is 1. The zero-order valence-electron chi connectivity index (χ0n) is 21.6. The first kappa shape index (κ1) is 26.3. The zero-order valence-corrected chi connectivity index (χ0v) is 23.1. The van der Waals surface area contributed by atoms with Crippen molar-refractivity contribution in [2.75, 3.05) is 13.7 Å². The van der Waals surface area contributed by atoms with E-state index in [0.717, 1.165) is 24.1 Å². The number of nitrogens with zero attached hydrogens (tertiary/aromatic N) is 5. The molecule has 7 nitrogen and oxygen atoms in total. The van der Waals surface area contributed by atoms with Crippen LogP contribution in [0.25, 0.3) is 5.57 Å². The lowest BCUT2D eigenvalue weighted by Crippen LogP contribution is -2.45. The highest BCUT2D eigenvalue weighted by Crippen LogP contribution is 2.51. The maximum Gasteiger partial charge on any atom is 0.258 e. The molecule has 2 aliphatic heterocycles. The van der Waals surface area contributed by atoms with Crippen molar-refractivity contribution in [1.82, 2.24) is 19.9 Å². The van der Waals surface area contributed by atoms with Gasteiger partial charge >= 0.3 is 0 Å². The largest absolute Gasteiger partial charge is 0.498 e. The van der Waals surface area contributed by atoms with Crippen molar-refractivity contribution in [3.63, 3.8) is 0 Å². The summed E-state index contributed by atoms with van der Waals surface area (Å²) in [5.74, 6) is 1.04. The number of aromatic nitrogens is 3. The second kappa shape index (κ2) is 10.4. The maximum atomic E-state index is 14.0. The van der Waals surface area contributed by atoms with Crippen LogP contribution in [-0.4, -0.2) is 45.0 Å². The van der Waals surface area contributed by atoms with E-state index in [4.69, 9.17) is 27.9 Å². The van der Waals surface area contributed by atoms with Crippen molar-refractivity contribution >= 4 is 34.7 Å². The molecule has 1 aromatic heterocycles. The van der Waals surface area contributed by atoms with Crippen LogP contribution in [0.2, 0.25) is 10.0 Å². The first-order valence-corrected chi connectivity index (χ1v) is 13.5. The van der Waals surface area contributed by atoms with Crippen LogP contribution in [0.4, 0.5) is 0 Å². The highest BCUT2D eigenvalue weighted by atomic mass is 35.5. The van der Waals surface area contributed by atoms with E-state index < -0.39 is 5.54 Å². The second-order valence-electron chi connectivity index (χ2n) is 10.5. The van der Waals surface area contributed by atoms with Gasteiger partial charge in [-0.05, 0) is 60.2 Å². The molecule has 0 saturated carbocycles. The van der Waals surface area contributed by atoms with E-state index in [9.17, 15) is 10.1 Å². The molecule has 9 heteroatoms. The molecule has 0 bridgehead atoms. The monoisotopic (exact) mass is 549 g/mol. The van der Waals surface area contributed by atoms with Gasteiger partial charge in [0.1, 0.15) is 11.3 Å². The molecule has 3 heterocycles. The molecular formula is C29H29Cl2N5O2. The summed E-state index contributed by atoms with van der Waals surface area (Å²) in [7, 11) is 1.60. The van der Waals surface area contributed by atoms with E-state index in [1.165, 1.54) is 0 Å². The van der Waals surface area contributed by atoms with E-state index in [1.807, 2.05) is 27.9 Å². The molecule has 2 aromatic carbocycles. The summed E-state index contributed by atoms with van der Waals surface area (Å²) >= 11 is 12.6. The summed E-state index contributed by atoms with van der Waals surface area (Å²) in [5, 5.41) is 19.0. The van der Waals surface area contributed by atoms with Gasteiger partial charge in [-0.1, -0.05) is 54.4 Å². The quantitative estimate of drug-likeness (QED) is 0.350. The van der Waals surface area contributed by atoms with Crippen molar-refractivity contribution in [3.05, 3.63) is 86.9 Å². The maximum absolute atomic E-state index is 14.0. The van der Waals surface area contributed by atoms with Crippen LogP contribution >= 0.6 is 23.2 Å². The Hall–Kier alpha value is -3.34. The Bertz CT molecular complexity index is 1420. The number of hydrogen-bond acceptors (Lipinski definition) is 5. The van der Waals surface area contributed by atoms with Gasteiger partial charge in [-0.2, -0.15) is 5.26 Å². The molecule has 2 atom stereocenters. The van der Waals surface area contributed by atoms with E-state index in [2.05, 4.69) is 30.2 Å². The number of rotatable bonds is 8. The Morgan fingerprint density at radius 1 is 1.18 bits per heavy atom. The lowest BCUT2D eigenvalue weighted by Gasteiger charge is -2.34. The topological polar surface area (TPSA) is 84.0 Å². The fourth-order valence-electron chi connectivity index (χ4n) is 5.65. The molecule has 0 N–H and O–H groups in total. The van der Waals surface area contributed by atoms with Crippen LogP contribution in [0.15, 0.2) is 54.4 Å². The highest BCUT2D eigenvalue weighted by Gasteiger charge is 2.58. The minimum Gasteiger partial charge on any atom is -0.498 e. The van der Waals surface area contributed by atoms with E-state index in [1.54, 1.807) is 37.4 Å². The summed E-state index contributed by atoms with van der Waals surface area (Å²) < 4.78 is 7.94. The van der Waals surface area contributed by atoms with Crippen molar-refractivity contribution in [2.24, 2.45) is 5.92 Å². The number of fused-ring (bicyclic) bond motifs is 1. The number of methoxy groups -OCH3 is 1. The molecule has 5 rings (SSSR count). The van der Waals surface area contributed by atoms with Crippen LogP contribution in [0.1, 0.15) is 55.1 Å². The first-order chi connectivity index (χ1) is 18.2. The number of carbonyl (C=O) groups excluding carboxylic acids is 1. The normalized spacial score (nSPS) is 20.8. The van der Waals surface area contributed by atoms with Gasteiger partial charge in [0.05, 0.1) is 36.1 Å². The Kier molecular flexibility index (Phi) is 7.21. The van der Waals surface area contributed by atoms with Crippen LogP contribution in [0.3, 0.4) is 0 Å². The van der Waals surface area contributed by atoms with Gasteiger partial charge in [-0.15, -0.1) is 5.10 Å². The van der Waals surface area contributed by atoms with Crippen molar-refractivity contribution in [2.45, 2.75) is 51.1 Å². The van der Waals surface area contributed by atoms with Gasteiger partial charge in [0.2, 0.25) is 0 Å². The minimum atomic E-state index is -0.737. The standard InChI is InChI=1S/C29H29Cl2N5O2/c1-18(2)4-9-24-16-36(34-33-24)25-14-29(13-19-5-7-20(15-32)8-6-19)27(38-3)26(28(37)35(29)17-25)21-10-22(30)12-23(31)11-21/h5-8,10-12,16,18,25H,4,9,13-14,17H2,1-3H3/t25-,29-/m0/s1. The third-order valence-corrected chi connectivity index (χ3v) is 7.87. The molecule has 38 heavy (non-hydrogen) atoms. The van der Waals surface area contributed by atoms with Crippen LogP contribution in [0, 0.1) is 17.2 Å². The molecule has 196 valence electrons. The van der Waals surface area contributed by atoms with Crippen molar-refractivity contribution < 1.29 is 9.53 Å². The molecule has 2 aliphatic rings. The smallest absolute Gasteiger partial charge is 0.258 e. The molecule has 0 unspecified atom stereocenters. The number of ether oxygens (including phenoxy) is 1. The Morgan fingerprint density at radius 3 is 2.53 bits per heavy atom. The number of aryl methyl sites for hydroxylation is 1. The number of halogens is 2.